The molecule has 0 spiro atoms. The number of phenolic OH excluding ortho intramolecular Hbond substituents is 1. The first-order chi connectivity index (χ1) is 9.51. The van der Waals surface area contributed by atoms with E-state index in [4.69, 9.17) is 4.74 Å². The van der Waals surface area contributed by atoms with Gasteiger partial charge in [0.2, 0.25) is 0 Å². The molecule has 2 aromatic rings. The molecular formula is C15H14FNO3. The molecule has 2 aromatic carbocycles. The Kier molecular flexibility index (Phi) is 3.89. The number of ether oxygens (including phenoxy) is 1. The summed E-state index contributed by atoms with van der Waals surface area (Å²) in [4.78, 5) is 12.0. The number of methoxy groups -OCH3 is 1. The minimum absolute atomic E-state index is 0.0470. The number of hydrogen-bond acceptors (Lipinski definition) is 3. The summed E-state index contributed by atoms with van der Waals surface area (Å²) < 4.78 is 18.6. The third-order valence-electron chi connectivity index (χ3n) is 2.82. The minimum atomic E-state index is -0.590. The molecule has 104 valence electrons. The van der Waals surface area contributed by atoms with Gasteiger partial charge < -0.3 is 15.2 Å². The Balaban J connectivity index is 2.24. The highest BCUT2D eigenvalue weighted by molar-refractivity contribution is 6.06. The molecule has 5 heteroatoms. The normalized spacial score (nSPS) is 10.2. The lowest BCUT2D eigenvalue weighted by molar-refractivity contribution is 0.102. The van der Waals surface area contributed by atoms with Gasteiger partial charge >= 0.3 is 0 Å². The summed E-state index contributed by atoms with van der Waals surface area (Å²) in [6.07, 6.45) is 0. The van der Waals surface area contributed by atoms with Crippen LogP contribution in [0.15, 0.2) is 36.4 Å². The molecular weight excluding hydrogens is 261 g/mol. The van der Waals surface area contributed by atoms with E-state index in [0.717, 1.165) is 5.56 Å². The maximum absolute atomic E-state index is 13.6. The average Bonchev–Trinajstić information content (AvgIpc) is 2.41. The van der Waals surface area contributed by atoms with E-state index >= 15 is 0 Å². The van der Waals surface area contributed by atoms with Crippen molar-refractivity contribution in [3.63, 3.8) is 0 Å². The predicted molar refractivity (Wildman–Crippen MR) is 73.7 cm³/mol. The Bertz CT molecular complexity index is 656. The van der Waals surface area contributed by atoms with Crippen molar-refractivity contribution in [1.29, 1.82) is 0 Å². The maximum Gasteiger partial charge on any atom is 0.259 e. The SMILES string of the molecule is COc1ccc(C(=O)Nc2ccc(C)cc2F)c(O)c1. The van der Waals surface area contributed by atoms with Crippen LogP contribution in [0.4, 0.5) is 10.1 Å². The number of halogens is 1. The molecule has 0 radical (unpaired) electrons. The van der Waals surface area contributed by atoms with Crippen LogP contribution in [0.2, 0.25) is 0 Å². The molecule has 0 heterocycles. The van der Waals surface area contributed by atoms with E-state index in [1.54, 1.807) is 19.1 Å². The van der Waals surface area contributed by atoms with Crippen molar-refractivity contribution in [2.24, 2.45) is 0 Å². The number of hydrogen-bond donors (Lipinski definition) is 2. The summed E-state index contributed by atoms with van der Waals surface area (Å²) in [5, 5.41) is 12.2. The zero-order valence-corrected chi connectivity index (χ0v) is 11.1. The summed E-state index contributed by atoms with van der Waals surface area (Å²) in [5.41, 5.74) is 0.870. The molecule has 0 saturated carbocycles. The zero-order valence-electron chi connectivity index (χ0n) is 11.1. The van der Waals surface area contributed by atoms with Crippen molar-refractivity contribution >= 4 is 11.6 Å². The molecule has 0 fully saturated rings. The van der Waals surface area contributed by atoms with Crippen LogP contribution in [0.25, 0.3) is 0 Å². The van der Waals surface area contributed by atoms with Gasteiger partial charge in [-0.25, -0.2) is 4.39 Å². The number of phenols is 1. The number of benzene rings is 2. The lowest BCUT2D eigenvalue weighted by Crippen LogP contribution is -2.13. The number of carbonyl (C=O) groups is 1. The lowest BCUT2D eigenvalue weighted by atomic mass is 10.1. The molecule has 0 saturated heterocycles. The fraction of sp³-hybridized carbons (Fsp3) is 0.133. The summed E-state index contributed by atoms with van der Waals surface area (Å²) >= 11 is 0. The van der Waals surface area contributed by atoms with Crippen LogP contribution in [0.1, 0.15) is 15.9 Å². The van der Waals surface area contributed by atoms with Crippen molar-refractivity contribution < 1.29 is 19.0 Å². The maximum atomic E-state index is 13.6. The van der Waals surface area contributed by atoms with E-state index in [2.05, 4.69) is 5.32 Å². The molecule has 0 aromatic heterocycles. The molecule has 0 aliphatic heterocycles. The van der Waals surface area contributed by atoms with Crippen LogP contribution >= 0.6 is 0 Å². The Labute approximate surface area is 115 Å². The Morgan fingerprint density at radius 1 is 1.25 bits per heavy atom. The molecule has 0 aliphatic rings. The fourth-order valence-electron chi connectivity index (χ4n) is 1.74. The topological polar surface area (TPSA) is 58.6 Å². The van der Waals surface area contributed by atoms with Crippen LogP contribution in [0, 0.1) is 12.7 Å². The van der Waals surface area contributed by atoms with Gasteiger partial charge in [0.1, 0.15) is 17.3 Å². The summed E-state index contributed by atoms with van der Waals surface area (Å²) in [5.74, 6) is -0.908. The van der Waals surface area contributed by atoms with Crippen LogP contribution in [-0.2, 0) is 0 Å². The third-order valence-corrected chi connectivity index (χ3v) is 2.82. The second kappa shape index (κ2) is 5.61. The Morgan fingerprint density at radius 3 is 2.60 bits per heavy atom. The summed E-state index contributed by atoms with van der Waals surface area (Å²) in [6, 6.07) is 8.76. The second-order valence-electron chi connectivity index (χ2n) is 4.32. The number of aromatic hydroxyl groups is 1. The van der Waals surface area contributed by atoms with Crippen molar-refractivity contribution in [1.82, 2.24) is 0 Å². The lowest BCUT2D eigenvalue weighted by Gasteiger charge is -2.09. The highest BCUT2D eigenvalue weighted by Gasteiger charge is 2.14. The van der Waals surface area contributed by atoms with Gasteiger partial charge in [-0.1, -0.05) is 6.07 Å². The first kappa shape index (κ1) is 13.9. The van der Waals surface area contributed by atoms with E-state index in [1.807, 2.05) is 0 Å². The van der Waals surface area contributed by atoms with Crippen molar-refractivity contribution in [2.75, 3.05) is 12.4 Å². The Morgan fingerprint density at radius 2 is 2.00 bits per heavy atom. The van der Waals surface area contributed by atoms with Gasteiger partial charge in [-0.3, -0.25) is 4.79 Å². The standard InChI is InChI=1S/C15H14FNO3/c1-9-3-6-13(12(16)7-9)17-15(19)11-5-4-10(20-2)8-14(11)18/h3-8,18H,1-2H3,(H,17,19). The third kappa shape index (κ3) is 2.88. The van der Waals surface area contributed by atoms with Crippen LogP contribution in [-0.4, -0.2) is 18.1 Å². The molecule has 0 atom stereocenters. The van der Waals surface area contributed by atoms with Gasteiger partial charge in [-0.15, -0.1) is 0 Å². The number of rotatable bonds is 3. The first-order valence-corrected chi connectivity index (χ1v) is 5.96. The monoisotopic (exact) mass is 275 g/mol. The quantitative estimate of drug-likeness (QED) is 0.905. The minimum Gasteiger partial charge on any atom is -0.507 e. The second-order valence-corrected chi connectivity index (χ2v) is 4.32. The van der Waals surface area contributed by atoms with Crippen molar-refractivity contribution in [3.05, 3.63) is 53.3 Å². The molecule has 0 unspecified atom stereocenters. The smallest absolute Gasteiger partial charge is 0.259 e. The number of nitrogens with one attached hydrogen (secondary N) is 1. The van der Waals surface area contributed by atoms with Gasteiger partial charge in [0.05, 0.1) is 18.4 Å². The number of amides is 1. The highest BCUT2D eigenvalue weighted by Crippen LogP contribution is 2.25. The van der Waals surface area contributed by atoms with Gasteiger partial charge in [-0.2, -0.15) is 0 Å². The van der Waals surface area contributed by atoms with E-state index < -0.39 is 11.7 Å². The van der Waals surface area contributed by atoms with E-state index in [0.29, 0.717) is 5.75 Å². The van der Waals surface area contributed by atoms with E-state index in [1.165, 1.54) is 31.4 Å². The van der Waals surface area contributed by atoms with Gasteiger partial charge in [0.25, 0.3) is 5.91 Å². The predicted octanol–water partition coefficient (Wildman–Crippen LogP) is 3.10. The molecule has 20 heavy (non-hydrogen) atoms. The number of carbonyl (C=O) groups excluding carboxylic acids is 1. The summed E-state index contributed by atoms with van der Waals surface area (Å²) in [7, 11) is 1.45. The number of anilines is 1. The first-order valence-electron chi connectivity index (χ1n) is 5.96. The molecule has 0 bridgehead atoms. The fourth-order valence-corrected chi connectivity index (χ4v) is 1.74. The highest BCUT2D eigenvalue weighted by atomic mass is 19.1. The van der Waals surface area contributed by atoms with Crippen molar-refractivity contribution in [2.45, 2.75) is 6.92 Å². The molecule has 0 aliphatic carbocycles. The van der Waals surface area contributed by atoms with Crippen LogP contribution < -0.4 is 10.1 Å². The zero-order chi connectivity index (χ0) is 14.7. The van der Waals surface area contributed by atoms with E-state index in [9.17, 15) is 14.3 Å². The number of aryl methyl sites for hydroxylation is 1. The van der Waals surface area contributed by atoms with Gasteiger partial charge in [0, 0.05) is 6.07 Å². The van der Waals surface area contributed by atoms with Crippen molar-refractivity contribution in [3.8, 4) is 11.5 Å². The average molecular weight is 275 g/mol. The Hall–Kier alpha value is -2.56. The van der Waals surface area contributed by atoms with Crippen LogP contribution in [0.5, 0.6) is 11.5 Å². The summed E-state index contributed by atoms with van der Waals surface area (Å²) in [6.45, 7) is 1.75. The molecule has 1 amide bonds. The van der Waals surface area contributed by atoms with Gasteiger partial charge in [0.15, 0.2) is 0 Å². The van der Waals surface area contributed by atoms with E-state index in [-0.39, 0.29) is 17.0 Å². The molecule has 4 nitrogen and oxygen atoms in total. The molecule has 2 rings (SSSR count). The van der Waals surface area contributed by atoms with Gasteiger partial charge in [-0.05, 0) is 36.8 Å². The molecule has 2 N–H and O–H groups in total. The van der Waals surface area contributed by atoms with Crippen LogP contribution in [0.3, 0.4) is 0 Å². The largest absolute Gasteiger partial charge is 0.507 e.